The normalized spacial score (nSPS) is 19.5. The van der Waals surface area contributed by atoms with Crippen LogP contribution in [0.5, 0.6) is 5.75 Å². The summed E-state index contributed by atoms with van der Waals surface area (Å²) in [6.45, 7) is 4.65. The highest BCUT2D eigenvalue weighted by Gasteiger charge is 2.26. The second-order valence-corrected chi connectivity index (χ2v) is 6.45. The summed E-state index contributed by atoms with van der Waals surface area (Å²) in [5.74, 6) is 0.275. The molecule has 24 heavy (non-hydrogen) atoms. The summed E-state index contributed by atoms with van der Waals surface area (Å²) in [4.78, 5) is 2.30. The quantitative estimate of drug-likeness (QED) is 0.844. The molecule has 0 spiro atoms. The van der Waals surface area contributed by atoms with E-state index in [0.717, 1.165) is 31.5 Å². The molecule has 0 aliphatic carbocycles. The van der Waals surface area contributed by atoms with Crippen molar-refractivity contribution >= 4 is 0 Å². The third kappa shape index (κ3) is 4.55. The van der Waals surface area contributed by atoms with Crippen molar-refractivity contribution in [3.63, 3.8) is 0 Å². The standard InChI is InChI=1S/C18H24FN3O2/c1-14-9-20-22(10-14)11-16-3-2-8-21(16)12-17(23)13-24-18-6-4-15(19)5-7-18/h4-7,9-10,16-17,23H,2-3,8,11-13H2,1H3/t16-,17-/m0/s1. The Labute approximate surface area is 141 Å². The maximum atomic E-state index is 12.9. The van der Waals surface area contributed by atoms with Gasteiger partial charge >= 0.3 is 0 Å². The average molecular weight is 333 g/mol. The molecule has 6 heteroatoms. The first-order chi connectivity index (χ1) is 11.6. The Hall–Kier alpha value is -1.92. The van der Waals surface area contributed by atoms with Crippen molar-refractivity contribution in [2.75, 3.05) is 19.7 Å². The van der Waals surface area contributed by atoms with Crippen LogP contribution >= 0.6 is 0 Å². The Kier molecular flexibility index (Phi) is 5.48. The molecule has 0 radical (unpaired) electrons. The van der Waals surface area contributed by atoms with E-state index in [0.29, 0.717) is 18.3 Å². The van der Waals surface area contributed by atoms with Gasteiger partial charge in [0.2, 0.25) is 0 Å². The van der Waals surface area contributed by atoms with Crippen LogP contribution in [0.15, 0.2) is 36.7 Å². The molecule has 1 aromatic carbocycles. The summed E-state index contributed by atoms with van der Waals surface area (Å²) in [6.07, 6.45) is 5.59. The van der Waals surface area contributed by atoms with Gasteiger partial charge in [-0.1, -0.05) is 0 Å². The van der Waals surface area contributed by atoms with Gasteiger partial charge in [0.15, 0.2) is 0 Å². The summed E-state index contributed by atoms with van der Waals surface area (Å²) in [6, 6.07) is 6.24. The zero-order valence-electron chi connectivity index (χ0n) is 13.9. The highest BCUT2D eigenvalue weighted by Crippen LogP contribution is 2.19. The van der Waals surface area contributed by atoms with Gasteiger partial charge in [0.1, 0.15) is 24.3 Å². The van der Waals surface area contributed by atoms with E-state index < -0.39 is 6.10 Å². The van der Waals surface area contributed by atoms with Gasteiger partial charge in [0.05, 0.1) is 12.7 Å². The van der Waals surface area contributed by atoms with Crippen molar-refractivity contribution < 1.29 is 14.2 Å². The topological polar surface area (TPSA) is 50.5 Å². The molecular formula is C18H24FN3O2. The summed E-state index contributed by atoms with van der Waals surface area (Å²) in [5.41, 5.74) is 1.16. The molecule has 1 aromatic heterocycles. The van der Waals surface area contributed by atoms with E-state index >= 15 is 0 Å². The first kappa shape index (κ1) is 16.9. The minimum Gasteiger partial charge on any atom is -0.491 e. The molecule has 2 heterocycles. The smallest absolute Gasteiger partial charge is 0.123 e. The molecule has 2 aromatic rings. The number of ether oxygens (including phenoxy) is 1. The van der Waals surface area contributed by atoms with Gasteiger partial charge in [-0.2, -0.15) is 5.10 Å². The third-order valence-electron chi connectivity index (χ3n) is 4.36. The molecule has 0 bridgehead atoms. The third-order valence-corrected chi connectivity index (χ3v) is 4.36. The van der Waals surface area contributed by atoms with Crippen molar-refractivity contribution in [3.8, 4) is 5.75 Å². The predicted molar refractivity (Wildman–Crippen MR) is 89.5 cm³/mol. The van der Waals surface area contributed by atoms with Crippen LogP contribution in [0.3, 0.4) is 0 Å². The fourth-order valence-electron chi connectivity index (χ4n) is 3.17. The van der Waals surface area contributed by atoms with E-state index in [1.807, 2.05) is 24.0 Å². The van der Waals surface area contributed by atoms with Crippen LogP contribution < -0.4 is 4.74 Å². The first-order valence-electron chi connectivity index (χ1n) is 8.39. The molecule has 130 valence electrons. The number of nitrogens with zero attached hydrogens (tertiary/aromatic N) is 3. The largest absolute Gasteiger partial charge is 0.491 e. The second-order valence-electron chi connectivity index (χ2n) is 6.45. The predicted octanol–water partition coefficient (Wildman–Crippen LogP) is 2.23. The molecule has 2 atom stereocenters. The monoisotopic (exact) mass is 333 g/mol. The minimum absolute atomic E-state index is 0.204. The van der Waals surface area contributed by atoms with Crippen molar-refractivity contribution in [2.24, 2.45) is 0 Å². The SMILES string of the molecule is Cc1cnn(C[C@@H]2CCCN2C[C@H](O)COc2ccc(F)cc2)c1. The van der Waals surface area contributed by atoms with E-state index in [2.05, 4.69) is 10.00 Å². The van der Waals surface area contributed by atoms with Crippen molar-refractivity contribution in [1.29, 1.82) is 0 Å². The van der Waals surface area contributed by atoms with Crippen molar-refractivity contribution in [1.82, 2.24) is 14.7 Å². The lowest BCUT2D eigenvalue weighted by molar-refractivity contribution is 0.0609. The lowest BCUT2D eigenvalue weighted by atomic mass is 10.2. The number of β-amino-alcohol motifs (C(OH)–C–C–N with tert-alkyl or cyclic N) is 1. The van der Waals surface area contributed by atoms with Gasteiger partial charge in [-0.05, 0) is 56.1 Å². The molecule has 1 aliphatic rings. The second kappa shape index (κ2) is 7.77. The number of aromatic nitrogens is 2. The highest BCUT2D eigenvalue weighted by atomic mass is 19.1. The summed E-state index contributed by atoms with van der Waals surface area (Å²) in [5, 5.41) is 14.6. The Morgan fingerprint density at radius 1 is 1.38 bits per heavy atom. The van der Waals surface area contributed by atoms with Crippen LogP contribution in [0.4, 0.5) is 4.39 Å². The molecular weight excluding hydrogens is 309 g/mol. The molecule has 1 N–H and O–H groups in total. The van der Waals surface area contributed by atoms with Crippen LogP contribution in [0.1, 0.15) is 18.4 Å². The average Bonchev–Trinajstić information content (AvgIpc) is 3.16. The first-order valence-corrected chi connectivity index (χ1v) is 8.39. The Morgan fingerprint density at radius 3 is 2.88 bits per heavy atom. The maximum Gasteiger partial charge on any atom is 0.123 e. The molecule has 5 nitrogen and oxygen atoms in total. The van der Waals surface area contributed by atoms with Crippen LogP contribution in [-0.2, 0) is 6.54 Å². The van der Waals surface area contributed by atoms with Crippen LogP contribution in [0.25, 0.3) is 0 Å². The van der Waals surface area contributed by atoms with Gasteiger partial charge in [0.25, 0.3) is 0 Å². The molecule has 0 unspecified atom stereocenters. The van der Waals surface area contributed by atoms with Crippen LogP contribution in [0.2, 0.25) is 0 Å². The van der Waals surface area contributed by atoms with Crippen LogP contribution in [-0.4, -0.2) is 51.6 Å². The van der Waals surface area contributed by atoms with E-state index in [1.54, 1.807) is 12.1 Å². The lowest BCUT2D eigenvalue weighted by Gasteiger charge is -2.26. The number of aliphatic hydroxyl groups is 1. The van der Waals surface area contributed by atoms with Gasteiger partial charge in [-0.25, -0.2) is 4.39 Å². The molecule has 1 aliphatic heterocycles. The molecule has 0 saturated carbocycles. The van der Waals surface area contributed by atoms with Crippen LogP contribution in [0, 0.1) is 12.7 Å². The molecule has 0 amide bonds. The van der Waals surface area contributed by atoms with E-state index in [1.165, 1.54) is 12.1 Å². The number of likely N-dealkylation sites (tertiary alicyclic amines) is 1. The lowest BCUT2D eigenvalue weighted by Crippen LogP contribution is -2.40. The maximum absolute atomic E-state index is 12.9. The number of aryl methyl sites for hydroxylation is 1. The van der Waals surface area contributed by atoms with Gasteiger partial charge < -0.3 is 9.84 Å². The van der Waals surface area contributed by atoms with E-state index in [4.69, 9.17) is 4.74 Å². The van der Waals surface area contributed by atoms with Crippen molar-refractivity contribution in [2.45, 2.75) is 38.5 Å². The van der Waals surface area contributed by atoms with Gasteiger partial charge in [0, 0.05) is 18.8 Å². The molecule has 1 saturated heterocycles. The Morgan fingerprint density at radius 2 is 2.17 bits per heavy atom. The molecule has 3 rings (SSSR count). The number of benzene rings is 1. The van der Waals surface area contributed by atoms with Gasteiger partial charge in [-0.3, -0.25) is 9.58 Å². The number of halogens is 1. The minimum atomic E-state index is -0.574. The number of rotatable bonds is 7. The Balaban J connectivity index is 1.47. The fraction of sp³-hybridized carbons (Fsp3) is 0.500. The zero-order valence-corrected chi connectivity index (χ0v) is 13.9. The van der Waals surface area contributed by atoms with E-state index in [9.17, 15) is 9.50 Å². The van der Waals surface area contributed by atoms with Crippen molar-refractivity contribution in [3.05, 3.63) is 48.0 Å². The zero-order chi connectivity index (χ0) is 16.9. The number of hydrogen-bond donors (Lipinski definition) is 1. The number of hydrogen-bond acceptors (Lipinski definition) is 4. The fourth-order valence-corrected chi connectivity index (χ4v) is 3.17. The Bertz CT molecular complexity index is 644. The van der Waals surface area contributed by atoms with Gasteiger partial charge in [-0.15, -0.1) is 0 Å². The van der Waals surface area contributed by atoms with E-state index in [-0.39, 0.29) is 12.4 Å². The number of aliphatic hydroxyl groups excluding tert-OH is 1. The highest BCUT2D eigenvalue weighted by molar-refractivity contribution is 5.22. The summed E-state index contributed by atoms with van der Waals surface area (Å²) in [7, 11) is 0. The summed E-state index contributed by atoms with van der Waals surface area (Å²) < 4.78 is 20.4. The summed E-state index contributed by atoms with van der Waals surface area (Å²) >= 11 is 0. The molecule has 1 fully saturated rings.